The zero-order valence-electron chi connectivity index (χ0n) is 16.0. The minimum absolute atomic E-state index is 0.0259. The smallest absolute Gasteiger partial charge is 0.259 e. The van der Waals surface area contributed by atoms with Crippen molar-refractivity contribution in [3.8, 4) is 11.3 Å². The van der Waals surface area contributed by atoms with Gasteiger partial charge in [-0.05, 0) is 55.8 Å². The van der Waals surface area contributed by atoms with E-state index in [1.165, 1.54) is 0 Å². The number of rotatable bonds is 4. The summed E-state index contributed by atoms with van der Waals surface area (Å²) in [6.45, 7) is 4.61. The second-order valence-corrected chi connectivity index (χ2v) is 6.70. The number of carbonyl (C=O) groups excluding carboxylic acids is 1. The summed E-state index contributed by atoms with van der Waals surface area (Å²) >= 11 is 0. The van der Waals surface area contributed by atoms with Gasteiger partial charge in [-0.2, -0.15) is 0 Å². The number of fused-ring (bicyclic) bond motifs is 1. The number of pyridine rings is 2. The summed E-state index contributed by atoms with van der Waals surface area (Å²) in [6, 6.07) is 21.5. The first-order valence-electron chi connectivity index (χ1n) is 9.36. The van der Waals surface area contributed by atoms with Gasteiger partial charge in [0.2, 0.25) is 0 Å². The van der Waals surface area contributed by atoms with Crippen molar-refractivity contribution >= 4 is 22.5 Å². The van der Waals surface area contributed by atoms with E-state index in [0.717, 1.165) is 33.4 Å². The van der Waals surface area contributed by atoms with E-state index in [9.17, 15) is 4.79 Å². The maximum atomic E-state index is 13.6. The first kappa shape index (κ1) is 17.9. The normalized spacial score (nSPS) is 10.8. The Morgan fingerprint density at radius 1 is 0.964 bits per heavy atom. The van der Waals surface area contributed by atoms with Gasteiger partial charge in [-0.3, -0.25) is 9.78 Å². The molecule has 0 radical (unpaired) electrons. The lowest BCUT2D eigenvalue weighted by Gasteiger charge is -2.22. The van der Waals surface area contributed by atoms with E-state index in [1.54, 1.807) is 12.4 Å². The van der Waals surface area contributed by atoms with Gasteiger partial charge in [0.05, 0.1) is 16.8 Å². The fourth-order valence-corrected chi connectivity index (χ4v) is 3.41. The van der Waals surface area contributed by atoms with Gasteiger partial charge in [0.15, 0.2) is 0 Å². The Morgan fingerprint density at radius 2 is 1.75 bits per heavy atom. The Bertz CT molecular complexity index is 1140. The fourth-order valence-electron chi connectivity index (χ4n) is 3.41. The van der Waals surface area contributed by atoms with E-state index in [4.69, 9.17) is 4.98 Å². The number of amides is 1. The van der Waals surface area contributed by atoms with E-state index in [0.29, 0.717) is 12.1 Å². The van der Waals surface area contributed by atoms with E-state index < -0.39 is 0 Å². The number of benzene rings is 2. The Morgan fingerprint density at radius 3 is 2.50 bits per heavy atom. The van der Waals surface area contributed by atoms with Gasteiger partial charge in [-0.15, -0.1) is 0 Å². The predicted molar refractivity (Wildman–Crippen MR) is 114 cm³/mol. The number of para-hydroxylation sites is 1. The molecule has 0 fully saturated rings. The third-order valence-electron chi connectivity index (χ3n) is 4.80. The van der Waals surface area contributed by atoms with Crippen LogP contribution in [0, 0.1) is 6.92 Å². The molecular formula is C24H21N3O. The highest BCUT2D eigenvalue weighted by atomic mass is 16.2. The Kier molecular flexibility index (Phi) is 4.85. The highest BCUT2D eigenvalue weighted by Gasteiger charge is 2.20. The number of anilines is 1. The maximum absolute atomic E-state index is 13.6. The summed E-state index contributed by atoms with van der Waals surface area (Å²) in [6.07, 6.45) is 3.47. The Labute approximate surface area is 164 Å². The molecule has 2 heterocycles. The molecular weight excluding hydrogens is 346 g/mol. The molecule has 4 rings (SSSR count). The molecule has 2 aromatic heterocycles. The number of carbonyl (C=O) groups is 1. The predicted octanol–water partition coefficient (Wildman–Crippen LogP) is 5.27. The van der Waals surface area contributed by atoms with Gasteiger partial charge in [-0.25, -0.2) is 4.98 Å². The molecule has 4 heteroatoms. The zero-order valence-corrected chi connectivity index (χ0v) is 16.0. The van der Waals surface area contributed by atoms with E-state index in [-0.39, 0.29) is 5.91 Å². The van der Waals surface area contributed by atoms with Crippen LogP contribution in [0.15, 0.2) is 79.1 Å². The second-order valence-electron chi connectivity index (χ2n) is 6.70. The molecule has 4 aromatic rings. The molecule has 0 aliphatic carbocycles. The van der Waals surface area contributed by atoms with Gasteiger partial charge in [0.1, 0.15) is 0 Å². The first-order chi connectivity index (χ1) is 13.7. The van der Waals surface area contributed by atoms with Crippen LogP contribution in [0.3, 0.4) is 0 Å². The molecule has 0 N–H and O–H groups in total. The van der Waals surface area contributed by atoms with Crippen molar-refractivity contribution in [1.29, 1.82) is 0 Å². The van der Waals surface area contributed by atoms with Gasteiger partial charge in [0, 0.05) is 35.6 Å². The number of aryl methyl sites for hydroxylation is 1. The molecule has 28 heavy (non-hydrogen) atoms. The summed E-state index contributed by atoms with van der Waals surface area (Å²) in [5.74, 6) is -0.0259. The Balaban J connectivity index is 1.88. The standard InChI is InChI=1S/C24H21N3O/c1-3-27(19-8-6-7-17(2)15-19)24(28)21-16-23(18-11-13-25-14-12-18)26-22-10-5-4-9-20(21)22/h4-16H,3H2,1-2H3. The van der Waals surface area contributed by atoms with Gasteiger partial charge < -0.3 is 4.90 Å². The minimum Gasteiger partial charge on any atom is -0.309 e. The molecule has 4 nitrogen and oxygen atoms in total. The van der Waals surface area contributed by atoms with E-state index in [1.807, 2.05) is 85.5 Å². The van der Waals surface area contributed by atoms with Crippen molar-refractivity contribution in [2.75, 3.05) is 11.4 Å². The molecule has 138 valence electrons. The summed E-state index contributed by atoms with van der Waals surface area (Å²) in [7, 11) is 0. The number of hydrogen-bond donors (Lipinski definition) is 0. The highest BCUT2D eigenvalue weighted by molar-refractivity contribution is 6.14. The van der Waals surface area contributed by atoms with Crippen LogP contribution in [0.25, 0.3) is 22.2 Å². The molecule has 0 atom stereocenters. The van der Waals surface area contributed by atoms with Gasteiger partial charge in [0.25, 0.3) is 5.91 Å². The van der Waals surface area contributed by atoms with Crippen molar-refractivity contribution in [2.45, 2.75) is 13.8 Å². The Hall–Kier alpha value is -3.53. The second kappa shape index (κ2) is 7.61. The molecule has 2 aromatic carbocycles. The molecule has 0 bridgehead atoms. The SMILES string of the molecule is CCN(C(=O)c1cc(-c2ccncc2)nc2ccccc12)c1cccc(C)c1. The summed E-state index contributed by atoms with van der Waals surface area (Å²) in [5.41, 5.74) is 5.19. The lowest BCUT2D eigenvalue weighted by molar-refractivity contribution is 0.0990. The van der Waals surface area contributed by atoms with Crippen molar-refractivity contribution in [2.24, 2.45) is 0 Å². The average Bonchev–Trinajstić information content (AvgIpc) is 2.74. The monoisotopic (exact) mass is 367 g/mol. The summed E-state index contributed by atoms with van der Waals surface area (Å²) in [4.78, 5) is 24.2. The van der Waals surface area contributed by atoms with Crippen molar-refractivity contribution in [1.82, 2.24) is 9.97 Å². The van der Waals surface area contributed by atoms with Crippen LogP contribution >= 0.6 is 0 Å². The summed E-state index contributed by atoms with van der Waals surface area (Å²) in [5, 5.41) is 0.858. The lowest BCUT2D eigenvalue weighted by Crippen LogP contribution is -2.31. The third-order valence-corrected chi connectivity index (χ3v) is 4.80. The zero-order chi connectivity index (χ0) is 19.5. The molecule has 0 saturated heterocycles. The van der Waals surface area contributed by atoms with Crippen LogP contribution in [-0.4, -0.2) is 22.4 Å². The summed E-state index contributed by atoms with van der Waals surface area (Å²) < 4.78 is 0. The molecule has 0 unspecified atom stereocenters. The topological polar surface area (TPSA) is 46.1 Å². The van der Waals surface area contributed by atoms with Crippen LogP contribution < -0.4 is 4.90 Å². The molecule has 0 aliphatic heterocycles. The van der Waals surface area contributed by atoms with Crippen LogP contribution in [0.2, 0.25) is 0 Å². The van der Waals surface area contributed by atoms with Crippen LogP contribution in [0.4, 0.5) is 5.69 Å². The third kappa shape index (κ3) is 3.37. The maximum Gasteiger partial charge on any atom is 0.259 e. The number of hydrogen-bond acceptors (Lipinski definition) is 3. The molecule has 1 amide bonds. The van der Waals surface area contributed by atoms with Gasteiger partial charge >= 0.3 is 0 Å². The first-order valence-corrected chi connectivity index (χ1v) is 9.36. The quantitative estimate of drug-likeness (QED) is 0.493. The van der Waals surface area contributed by atoms with Crippen molar-refractivity contribution in [3.05, 3.63) is 90.3 Å². The van der Waals surface area contributed by atoms with Crippen LogP contribution in [0.5, 0.6) is 0 Å². The van der Waals surface area contributed by atoms with E-state index in [2.05, 4.69) is 4.98 Å². The lowest BCUT2D eigenvalue weighted by atomic mass is 10.0. The minimum atomic E-state index is -0.0259. The van der Waals surface area contributed by atoms with E-state index >= 15 is 0 Å². The number of nitrogens with zero attached hydrogens (tertiary/aromatic N) is 3. The van der Waals surface area contributed by atoms with Crippen molar-refractivity contribution < 1.29 is 4.79 Å². The molecule has 0 spiro atoms. The number of aromatic nitrogens is 2. The average molecular weight is 367 g/mol. The highest BCUT2D eigenvalue weighted by Crippen LogP contribution is 2.27. The largest absolute Gasteiger partial charge is 0.309 e. The van der Waals surface area contributed by atoms with Crippen molar-refractivity contribution in [3.63, 3.8) is 0 Å². The fraction of sp³-hybridized carbons (Fsp3) is 0.125. The molecule has 0 aliphatic rings. The van der Waals surface area contributed by atoms with Gasteiger partial charge in [-0.1, -0.05) is 30.3 Å². The molecule has 0 saturated carbocycles. The van der Waals surface area contributed by atoms with Crippen LogP contribution in [-0.2, 0) is 0 Å². The van der Waals surface area contributed by atoms with Crippen LogP contribution in [0.1, 0.15) is 22.8 Å².